The molecule has 1 unspecified atom stereocenters. The Balaban J connectivity index is 1.79. The minimum Gasteiger partial charge on any atom is -0.497 e. The summed E-state index contributed by atoms with van der Waals surface area (Å²) in [6, 6.07) is 11.7. The van der Waals surface area contributed by atoms with Crippen LogP contribution in [0.2, 0.25) is 0 Å². The van der Waals surface area contributed by atoms with Gasteiger partial charge in [-0.05, 0) is 48.2 Å². The molecule has 27 heavy (non-hydrogen) atoms. The minimum absolute atomic E-state index is 0.0909. The number of rotatable bonds is 6. The molecule has 1 aliphatic rings. The normalized spacial score (nSPS) is 17.3. The van der Waals surface area contributed by atoms with Crippen molar-refractivity contribution in [2.75, 3.05) is 20.3 Å². The smallest absolute Gasteiger partial charge is 0.305 e. The van der Waals surface area contributed by atoms with Crippen molar-refractivity contribution in [3.63, 3.8) is 0 Å². The summed E-state index contributed by atoms with van der Waals surface area (Å²) in [6.07, 6.45) is 0.927. The van der Waals surface area contributed by atoms with E-state index in [1.807, 2.05) is 43.3 Å². The maximum Gasteiger partial charge on any atom is 0.305 e. The number of fused-ring (bicyclic) bond motifs is 1. The van der Waals surface area contributed by atoms with Crippen molar-refractivity contribution < 1.29 is 24.2 Å². The molecule has 1 saturated heterocycles. The predicted molar refractivity (Wildman–Crippen MR) is 102 cm³/mol. The van der Waals surface area contributed by atoms with E-state index in [0.717, 1.165) is 22.1 Å². The maximum atomic E-state index is 12.9. The highest BCUT2D eigenvalue weighted by Crippen LogP contribution is 2.28. The maximum absolute atomic E-state index is 12.9. The van der Waals surface area contributed by atoms with Crippen molar-refractivity contribution in [1.82, 2.24) is 5.32 Å². The van der Waals surface area contributed by atoms with Crippen molar-refractivity contribution in [1.29, 1.82) is 0 Å². The molecule has 0 aliphatic carbocycles. The van der Waals surface area contributed by atoms with Crippen LogP contribution in [0, 0.1) is 0 Å². The first kappa shape index (κ1) is 19.2. The summed E-state index contributed by atoms with van der Waals surface area (Å²) in [6.45, 7) is 2.76. The van der Waals surface area contributed by atoms with E-state index in [1.54, 1.807) is 7.11 Å². The molecule has 1 aliphatic heterocycles. The van der Waals surface area contributed by atoms with Gasteiger partial charge in [0.1, 0.15) is 5.75 Å². The predicted octanol–water partition coefficient (Wildman–Crippen LogP) is 3.09. The van der Waals surface area contributed by atoms with Crippen LogP contribution >= 0.6 is 0 Å². The highest BCUT2D eigenvalue weighted by Gasteiger charge is 2.37. The van der Waals surface area contributed by atoms with E-state index in [0.29, 0.717) is 26.1 Å². The largest absolute Gasteiger partial charge is 0.497 e. The molecule has 3 rings (SSSR count). The van der Waals surface area contributed by atoms with Crippen molar-refractivity contribution in [3.8, 4) is 5.75 Å². The molecule has 0 saturated carbocycles. The Morgan fingerprint density at radius 2 is 1.85 bits per heavy atom. The summed E-state index contributed by atoms with van der Waals surface area (Å²) < 4.78 is 10.6. The fourth-order valence-corrected chi connectivity index (χ4v) is 3.56. The van der Waals surface area contributed by atoms with Crippen LogP contribution in [-0.2, 0) is 14.3 Å². The first-order valence-corrected chi connectivity index (χ1v) is 9.12. The fraction of sp³-hybridized carbons (Fsp3) is 0.429. The molecule has 0 radical (unpaired) electrons. The zero-order valence-electron chi connectivity index (χ0n) is 15.7. The number of methoxy groups -OCH3 is 1. The Labute approximate surface area is 158 Å². The first-order valence-electron chi connectivity index (χ1n) is 9.12. The lowest BCUT2D eigenvalue weighted by Crippen LogP contribution is -2.54. The average Bonchev–Trinajstić information content (AvgIpc) is 2.66. The molecule has 1 heterocycles. The second-order valence-corrected chi connectivity index (χ2v) is 7.15. The number of nitrogens with one attached hydrogen (secondary N) is 1. The van der Waals surface area contributed by atoms with E-state index >= 15 is 0 Å². The molecular formula is C21H25NO5. The van der Waals surface area contributed by atoms with Crippen LogP contribution in [0.4, 0.5) is 0 Å². The molecule has 1 atom stereocenters. The number of carboxylic acid groups (broad SMARTS) is 1. The molecule has 6 heteroatoms. The lowest BCUT2D eigenvalue weighted by molar-refractivity contribution is -0.140. The van der Waals surface area contributed by atoms with E-state index in [9.17, 15) is 14.7 Å². The third kappa shape index (κ3) is 4.39. The van der Waals surface area contributed by atoms with Crippen molar-refractivity contribution >= 4 is 22.6 Å². The van der Waals surface area contributed by atoms with E-state index in [1.165, 1.54) is 0 Å². The third-order valence-electron chi connectivity index (χ3n) is 5.29. The van der Waals surface area contributed by atoms with Gasteiger partial charge in [-0.2, -0.15) is 0 Å². The van der Waals surface area contributed by atoms with Gasteiger partial charge in [0.25, 0.3) is 0 Å². The number of hydrogen-bond donors (Lipinski definition) is 2. The molecule has 2 N–H and O–H groups in total. The van der Waals surface area contributed by atoms with Crippen LogP contribution in [-0.4, -0.2) is 42.8 Å². The van der Waals surface area contributed by atoms with E-state index in [2.05, 4.69) is 5.32 Å². The van der Waals surface area contributed by atoms with Gasteiger partial charge in [-0.1, -0.05) is 24.3 Å². The highest BCUT2D eigenvalue weighted by atomic mass is 16.5. The topological polar surface area (TPSA) is 84.9 Å². The molecule has 0 bridgehead atoms. The quantitative estimate of drug-likeness (QED) is 0.815. The zero-order valence-corrected chi connectivity index (χ0v) is 15.7. The number of amides is 1. The number of carbonyl (C=O) groups is 2. The highest BCUT2D eigenvalue weighted by molar-refractivity contribution is 5.89. The molecule has 144 valence electrons. The molecule has 0 spiro atoms. The minimum atomic E-state index is -0.912. The van der Waals surface area contributed by atoms with Gasteiger partial charge in [-0.3, -0.25) is 9.59 Å². The van der Waals surface area contributed by atoms with Crippen molar-refractivity contribution in [3.05, 3.63) is 42.0 Å². The van der Waals surface area contributed by atoms with Crippen molar-refractivity contribution in [2.24, 2.45) is 0 Å². The number of benzene rings is 2. The summed E-state index contributed by atoms with van der Waals surface area (Å²) in [5.41, 5.74) is 0.155. The van der Waals surface area contributed by atoms with E-state index in [4.69, 9.17) is 9.47 Å². The second-order valence-electron chi connectivity index (χ2n) is 7.15. The third-order valence-corrected chi connectivity index (χ3v) is 5.29. The lowest BCUT2D eigenvalue weighted by atomic mass is 9.85. The summed E-state index contributed by atoms with van der Waals surface area (Å²) in [7, 11) is 1.63. The molecule has 0 aromatic heterocycles. The summed E-state index contributed by atoms with van der Waals surface area (Å²) >= 11 is 0. The zero-order chi connectivity index (χ0) is 19.4. The van der Waals surface area contributed by atoms with Crippen LogP contribution in [0.1, 0.15) is 37.7 Å². The molecule has 2 aromatic carbocycles. The molecule has 1 amide bonds. The summed E-state index contributed by atoms with van der Waals surface area (Å²) in [5, 5.41) is 14.3. The van der Waals surface area contributed by atoms with Gasteiger partial charge < -0.3 is 19.9 Å². The number of ether oxygens (including phenoxy) is 2. The van der Waals surface area contributed by atoms with E-state index in [-0.39, 0.29) is 18.2 Å². The Kier molecular flexibility index (Phi) is 5.65. The van der Waals surface area contributed by atoms with Crippen molar-refractivity contribution in [2.45, 2.75) is 37.6 Å². The molecular weight excluding hydrogens is 346 g/mol. The van der Waals surface area contributed by atoms with Gasteiger partial charge in [0.15, 0.2) is 0 Å². The number of carboxylic acids is 1. The van der Waals surface area contributed by atoms with Gasteiger partial charge in [0.2, 0.25) is 5.91 Å². The Morgan fingerprint density at radius 3 is 2.52 bits per heavy atom. The second kappa shape index (κ2) is 7.96. The van der Waals surface area contributed by atoms with Gasteiger partial charge in [0, 0.05) is 13.2 Å². The van der Waals surface area contributed by atoms with Gasteiger partial charge in [0.05, 0.1) is 25.0 Å². The van der Waals surface area contributed by atoms with E-state index < -0.39 is 11.5 Å². The number of carbonyl (C=O) groups excluding carboxylic acids is 1. The Morgan fingerprint density at radius 1 is 1.19 bits per heavy atom. The standard InChI is InChI=1S/C21H25NO5/c1-14(15-3-4-17-12-18(26-2)6-5-16(17)11-15)20(25)22-21(13-19(23)24)7-9-27-10-8-21/h3-6,11-12,14H,7-10,13H2,1-2H3,(H,22,25)(H,23,24). The fourth-order valence-electron chi connectivity index (χ4n) is 3.56. The van der Waals surface area contributed by atoms with Crippen LogP contribution < -0.4 is 10.1 Å². The van der Waals surface area contributed by atoms with Gasteiger partial charge in [-0.15, -0.1) is 0 Å². The Bertz CT molecular complexity index is 842. The van der Waals surface area contributed by atoms with Crippen LogP contribution in [0.15, 0.2) is 36.4 Å². The SMILES string of the molecule is COc1ccc2cc(C(C)C(=O)NC3(CC(=O)O)CCOCC3)ccc2c1. The number of hydrogen-bond acceptors (Lipinski definition) is 4. The molecule has 1 fully saturated rings. The lowest BCUT2D eigenvalue weighted by Gasteiger charge is -2.37. The monoisotopic (exact) mass is 371 g/mol. The van der Waals surface area contributed by atoms with Crippen LogP contribution in [0.3, 0.4) is 0 Å². The van der Waals surface area contributed by atoms with Crippen LogP contribution in [0.5, 0.6) is 5.75 Å². The van der Waals surface area contributed by atoms with Gasteiger partial charge in [-0.25, -0.2) is 0 Å². The average molecular weight is 371 g/mol. The van der Waals surface area contributed by atoms with Gasteiger partial charge >= 0.3 is 5.97 Å². The molecule has 6 nitrogen and oxygen atoms in total. The van der Waals surface area contributed by atoms with Crippen LogP contribution in [0.25, 0.3) is 10.8 Å². The number of aliphatic carboxylic acids is 1. The Hall–Kier alpha value is -2.60. The summed E-state index contributed by atoms with van der Waals surface area (Å²) in [5.74, 6) is -0.670. The first-order chi connectivity index (χ1) is 12.9. The molecule has 2 aromatic rings. The summed E-state index contributed by atoms with van der Waals surface area (Å²) in [4.78, 5) is 24.2.